The van der Waals surface area contributed by atoms with Gasteiger partial charge in [-0.3, -0.25) is 10.3 Å². The number of benzene rings is 1. The fourth-order valence-electron chi connectivity index (χ4n) is 2.14. The second-order valence-corrected chi connectivity index (χ2v) is 6.04. The summed E-state index contributed by atoms with van der Waals surface area (Å²) in [4.78, 5) is 4.69. The molecule has 4 nitrogen and oxygen atoms in total. The first kappa shape index (κ1) is 16.7. The van der Waals surface area contributed by atoms with Crippen LogP contribution in [0.3, 0.4) is 0 Å². The van der Waals surface area contributed by atoms with E-state index in [4.69, 9.17) is 11.1 Å². The highest BCUT2D eigenvalue weighted by Gasteiger charge is 2.09. The van der Waals surface area contributed by atoms with Gasteiger partial charge in [0.2, 0.25) is 0 Å². The lowest BCUT2D eigenvalue weighted by Crippen LogP contribution is -2.34. The van der Waals surface area contributed by atoms with Crippen molar-refractivity contribution < 1.29 is 0 Å². The van der Waals surface area contributed by atoms with Gasteiger partial charge in [0.25, 0.3) is 0 Å². The molecule has 0 aliphatic heterocycles. The van der Waals surface area contributed by atoms with Gasteiger partial charge in [0.05, 0.1) is 0 Å². The molecule has 1 aromatic rings. The maximum atomic E-state index is 7.41. The molecule has 112 valence electrons. The molecule has 0 aliphatic carbocycles. The van der Waals surface area contributed by atoms with E-state index in [1.165, 1.54) is 5.56 Å². The van der Waals surface area contributed by atoms with Gasteiger partial charge >= 0.3 is 0 Å². The number of rotatable bonds is 8. The normalized spacial score (nSPS) is 11.6. The van der Waals surface area contributed by atoms with E-state index in [2.05, 4.69) is 49.9 Å². The van der Waals surface area contributed by atoms with E-state index in [0.717, 1.165) is 31.7 Å². The van der Waals surface area contributed by atoms with Crippen LogP contribution in [0.15, 0.2) is 24.3 Å². The molecule has 4 heteroatoms. The van der Waals surface area contributed by atoms with Gasteiger partial charge in [-0.1, -0.05) is 38.1 Å². The summed E-state index contributed by atoms with van der Waals surface area (Å²) in [5.74, 6) is 0.789. The van der Waals surface area contributed by atoms with Gasteiger partial charge in [-0.25, -0.2) is 0 Å². The van der Waals surface area contributed by atoms with Crippen molar-refractivity contribution in [3.8, 4) is 0 Å². The summed E-state index contributed by atoms with van der Waals surface area (Å²) < 4.78 is 0. The molecule has 3 N–H and O–H groups in total. The molecule has 0 amide bonds. The zero-order valence-corrected chi connectivity index (χ0v) is 13.2. The highest BCUT2D eigenvalue weighted by molar-refractivity contribution is 5.94. The number of nitrogens with zero attached hydrogens (tertiary/aromatic N) is 2. The van der Waals surface area contributed by atoms with Crippen molar-refractivity contribution in [2.24, 2.45) is 11.7 Å². The molecule has 20 heavy (non-hydrogen) atoms. The van der Waals surface area contributed by atoms with Crippen LogP contribution in [-0.2, 0) is 6.54 Å². The third-order valence-electron chi connectivity index (χ3n) is 3.16. The summed E-state index contributed by atoms with van der Waals surface area (Å²) in [7, 11) is 4.21. The fraction of sp³-hybridized carbons (Fsp3) is 0.562. The van der Waals surface area contributed by atoms with Crippen LogP contribution in [0.5, 0.6) is 0 Å². The van der Waals surface area contributed by atoms with Crippen molar-refractivity contribution in [2.75, 3.05) is 33.7 Å². The third kappa shape index (κ3) is 6.17. The first-order chi connectivity index (χ1) is 9.38. The first-order valence-electron chi connectivity index (χ1n) is 7.19. The van der Waals surface area contributed by atoms with Crippen molar-refractivity contribution in [3.63, 3.8) is 0 Å². The lowest BCUT2D eigenvalue weighted by atomic mass is 10.1. The van der Waals surface area contributed by atoms with Gasteiger partial charge < -0.3 is 10.6 Å². The van der Waals surface area contributed by atoms with Gasteiger partial charge in [0.15, 0.2) is 0 Å². The Labute approximate surface area is 123 Å². The molecular formula is C16H28N4. The molecule has 1 rings (SSSR count). The van der Waals surface area contributed by atoms with E-state index in [-0.39, 0.29) is 5.84 Å². The fourth-order valence-corrected chi connectivity index (χ4v) is 2.14. The highest BCUT2D eigenvalue weighted by atomic mass is 15.2. The summed E-state index contributed by atoms with van der Waals surface area (Å²) in [5.41, 5.74) is 7.54. The Bertz CT molecular complexity index is 409. The maximum absolute atomic E-state index is 7.41. The van der Waals surface area contributed by atoms with Crippen LogP contribution in [0.1, 0.15) is 25.0 Å². The molecule has 0 atom stereocenters. The van der Waals surface area contributed by atoms with Gasteiger partial charge in [-0.15, -0.1) is 0 Å². The molecule has 0 radical (unpaired) electrons. The zero-order valence-electron chi connectivity index (χ0n) is 13.2. The Morgan fingerprint density at radius 2 is 1.75 bits per heavy atom. The van der Waals surface area contributed by atoms with Gasteiger partial charge in [-0.2, -0.15) is 0 Å². The predicted octanol–water partition coefficient (Wildman–Crippen LogP) is 1.99. The summed E-state index contributed by atoms with van der Waals surface area (Å²) in [6, 6.07) is 7.99. The summed E-state index contributed by atoms with van der Waals surface area (Å²) in [6.07, 6.45) is 0. The van der Waals surface area contributed by atoms with Gasteiger partial charge in [0, 0.05) is 31.7 Å². The average molecular weight is 276 g/mol. The monoisotopic (exact) mass is 276 g/mol. The quantitative estimate of drug-likeness (QED) is 0.564. The lowest BCUT2D eigenvalue weighted by molar-refractivity contribution is 0.212. The van der Waals surface area contributed by atoms with Crippen LogP contribution in [-0.4, -0.2) is 49.4 Å². The van der Waals surface area contributed by atoms with E-state index in [1.54, 1.807) is 0 Å². The van der Waals surface area contributed by atoms with E-state index in [0.29, 0.717) is 5.92 Å². The van der Waals surface area contributed by atoms with Crippen LogP contribution < -0.4 is 5.73 Å². The molecule has 0 heterocycles. The minimum absolute atomic E-state index is 0.128. The Morgan fingerprint density at radius 1 is 1.15 bits per heavy atom. The van der Waals surface area contributed by atoms with E-state index < -0.39 is 0 Å². The minimum Gasteiger partial charge on any atom is -0.384 e. The molecule has 0 saturated heterocycles. The van der Waals surface area contributed by atoms with Gasteiger partial charge in [0.1, 0.15) is 5.84 Å². The topological polar surface area (TPSA) is 56.4 Å². The van der Waals surface area contributed by atoms with Crippen molar-refractivity contribution in [1.82, 2.24) is 9.80 Å². The summed E-state index contributed by atoms with van der Waals surface area (Å²) >= 11 is 0. The molecule has 0 saturated carbocycles. The maximum Gasteiger partial charge on any atom is 0.122 e. The number of hydrogen-bond donors (Lipinski definition) is 2. The predicted molar refractivity (Wildman–Crippen MR) is 86.1 cm³/mol. The number of amidine groups is 1. The molecule has 1 aromatic carbocycles. The second kappa shape index (κ2) is 8.02. The van der Waals surface area contributed by atoms with Crippen LogP contribution >= 0.6 is 0 Å². The van der Waals surface area contributed by atoms with Crippen molar-refractivity contribution in [1.29, 1.82) is 5.41 Å². The largest absolute Gasteiger partial charge is 0.384 e. The Morgan fingerprint density at radius 3 is 2.20 bits per heavy atom. The number of hydrogen-bond acceptors (Lipinski definition) is 3. The summed E-state index contributed by atoms with van der Waals surface area (Å²) in [5, 5.41) is 7.41. The minimum atomic E-state index is 0.128. The van der Waals surface area contributed by atoms with Crippen molar-refractivity contribution >= 4 is 5.84 Å². The SMILES string of the molecule is CC(C)CN(CCN(C)C)Cc1ccc(C(=N)N)cc1. The van der Waals surface area contributed by atoms with Crippen molar-refractivity contribution in [3.05, 3.63) is 35.4 Å². The third-order valence-corrected chi connectivity index (χ3v) is 3.16. The Hall–Kier alpha value is -1.39. The van der Waals surface area contributed by atoms with E-state index in [9.17, 15) is 0 Å². The zero-order chi connectivity index (χ0) is 15.1. The molecule has 0 spiro atoms. The highest BCUT2D eigenvalue weighted by Crippen LogP contribution is 2.09. The van der Waals surface area contributed by atoms with Crippen molar-refractivity contribution in [2.45, 2.75) is 20.4 Å². The van der Waals surface area contributed by atoms with Crippen LogP contribution in [0.2, 0.25) is 0 Å². The Kier molecular flexibility index (Phi) is 6.68. The van der Waals surface area contributed by atoms with Crippen LogP contribution in [0.25, 0.3) is 0 Å². The number of likely N-dealkylation sites (N-methyl/N-ethyl adjacent to an activating group) is 1. The van der Waals surface area contributed by atoms with E-state index in [1.807, 2.05) is 12.1 Å². The van der Waals surface area contributed by atoms with Crippen LogP contribution in [0.4, 0.5) is 0 Å². The molecular weight excluding hydrogens is 248 g/mol. The molecule has 0 bridgehead atoms. The Balaban J connectivity index is 2.65. The molecule has 0 fully saturated rings. The molecule has 0 unspecified atom stereocenters. The van der Waals surface area contributed by atoms with Gasteiger partial charge in [-0.05, 0) is 25.6 Å². The first-order valence-corrected chi connectivity index (χ1v) is 7.19. The molecule has 0 aliphatic rings. The lowest BCUT2D eigenvalue weighted by Gasteiger charge is -2.26. The standard InChI is InChI=1S/C16H28N4/c1-13(2)11-20(10-9-19(3)4)12-14-5-7-15(8-6-14)16(17)18/h5-8,13H,9-12H2,1-4H3,(H3,17,18). The second-order valence-electron chi connectivity index (χ2n) is 6.04. The smallest absolute Gasteiger partial charge is 0.122 e. The number of nitrogens with one attached hydrogen (secondary N) is 1. The number of nitrogen functional groups attached to an aromatic ring is 1. The van der Waals surface area contributed by atoms with Crippen LogP contribution in [0, 0.1) is 11.3 Å². The average Bonchev–Trinajstić information content (AvgIpc) is 2.36. The number of nitrogens with two attached hydrogens (primary N) is 1. The molecule has 0 aromatic heterocycles. The van der Waals surface area contributed by atoms with E-state index >= 15 is 0 Å². The summed E-state index contributed by atoms with van der Waals surface area (Å²) in [6.45, 7) is 8.69.